The lowest BCUT2D eigenvalue weighted by atomic mass is 9.53. The van der Waals surface area contributed by atoms with Crippen LogP contribution in [-0.4, -0.2) is 27.9 Å². The molecule has 5 rings (SSSR count). The fraction of sp³-hybridized carbons (Fsp3) is 0.789. The molecule has 0 saturated heterocycles. The number of rotatable bonds is 5. The smallest absolute Gasteiger partial charge is 0.338 e. The second-order valence-electron chi connectivity index (χ2n) is 8.90. The number of nitrogens with zero attached hydrogens (tertiary/aromatic N) is 2. The van der Waals surface area contributed by atoms with E-state index in [2.05, 4.69) is 15.7 Å². The van der Waals surface area contributed by atoms with Crippen LogP contribution in [0.25, 0.3) is 0 Å². The van der Waals surface area contributed by atoms with Crippen molar-refractivity contribution >= 4 is 17.6 Å². The largest absolute Gasteiger partial charge is 0.436 e. The molecule has 4 bridgehead atoms. The summed E-state index contributed by atoms with van der Waals surface area (Å²) < 4.78 is 39.9. The Labute approximate surface area is 167 Å². The van der Waals surface area contributed by atoms with Crippen molar-refractivity contribution in [2.75, 3.05) is 6.54 Å². The lowest BCUT2D eigenvalue weighted by molar-refractivity contribution is -0.141. The van der Waals surface area contributed by atoms with Crippen molar-refractivity contribution < 1.29 is 18.0 Å². The van der Waals surface area contributed by atoms with Gasteiger partial charge in [0, 0.05) is 18.6 Å². The van der Waals surface area contributed by atoms with E-state index >= 15 is 0 Å². The van der Waals surface area contributed by atoms with Gasteiger partial charge in [0.05, 0.1) is 10.7 Å². The molecule has 9 heteroatoms. The van der Waals surface area contributed by atoms with Crippen LogP contribution in [0.3, 0.4) is 0 Å². The predicted molar refractivity (Wildman–Crippen MR) is 99.0 cm³/mol. The normalized spacial score (nSPS) is 31.2. The number of hydrogen-bond acceptors (Lipinski definition) is 2. The number of hydrogen-bond donors (Lipinski definition) is 2. The molecule has 0 unspecified atom stereocenters. The van der Waals surface area contributed by atoms with Crippen molar-refractivity contribution in [3.8, 4) is 0 Å². The number of amides is 2. The van der Waals surface area contributed by atoms with Crippen LogP contribution in [0.15, 0.2) is 0 Å². The van der Waals surface area contributed by atoms with Crippen LogP contribution >= 0.6 is 11.6 Å². The summed E-state index contributed by atoms with van der Waals surface area (Å²) in [6.07, 6.45) is 3.09. The monoisotopic (exact) mass is 418 g/mol. The van der Waals surface area contributed by atoms with Crippen molar-refractivity contribution in [2.45, 2.75) is 70.1 Å². The Balaban J connectivity index is 1.26. The zero-order valence-corrected chi connectivity index (χ0v) is 16.7. The summed E-state index contributed by atoms with van der Waals surface area (Å²) in [6, 6.07) is -0.173. The summed E-state index contributed by atoms with van der Waals surface area (Å²) in [4.78, 5) is 12.4. The molecule has 28 heavy (non-hydrogen) atoms. The van der Waals surface area contributed by atoms with Crippen LogP contribution < -0.4 is 10.6 Å². The van der Waals surface area contributed by atoms with E-state index in [4.69, 9.17) is 11.6 Å². The van der Waals surface area contributed by atoms with Crippen molar-refractivity contribution in [1.82, 2.24) is 20.4 Å². The molecule has 1 heterocycles. The Morgan fingerprint density at radius 1 is 1.21 bits per heavy atom. The number of urea groups is 1. The average molecular weight is 419 g/mol. The molecular formula is C19H26ClF3N4O. The second kappa shape index (κ2) is 7.11. The van der Waals surface area contributed by atoms with Gasteiger partial charge in [0.25, 0.3) is 0 Å². The third-order valence-electron chi connectivity index (χ3n) is 6.65. The van der Waals surface area contributed by atoms with Crippen molar-refractivity contribution in [3.63, 3.8) is 0 Å². The van der Waals surface area contributed by atoms with Gasteiger partial charge in [0.15, 0.2) is 5.69 Å². The van der Waals surface area contributed by atoms with Gasteiger partial charge in [-0.3, -0.25) is 4.68 Å². The third-order valence-corrected chi connectivity index (χ3v) is 7.10. The Kier molecular flexibility index (Phi) is 5.04. The molecule has 2 N–H and O–H groups in total. The zero-order valence-electron chi connectivity index (χ0n) is 15.9. The highest BCUT2D eigenvalue weighted by molar-refractivity contribution is 6.31. The zero-order chi connectivity index (χ0) is 20.1. The highest BCUT2D eigenvalue weighted by Gasteiger charge is 2.51. The number of nitrogens with one attached hydrogen (secondary N) is 2. The molecule has 2 amide bonds. The Bertz CT molecular complexity index is 726. The first-order valence-corrected chi connectivity index (χ1v) is 10.4. The van der Waals surface area contributed by atoms with Gasteiger partial charge in [0.1, 0.15) is 0 Å². The summed E-state index contributed by atoms with van der Waals surface area (Å²) in [5.74, 6) is 2.26. The van der Waals surface area contributed by atoms with Gasteiger partial charge in [0.2, 0.25) is 0 Å². The molecule has 4 aliphatic carbocycles. The molecule has 4 aliphatic rings. The number of aromatic nitrogens is 2. The van der Waals surface area contributed by atoms with E-state index < -0.39 is 11.9 Å². The fourth-order valence-electron chi connectivity index (χ4n) is 5.90. The standard InChI is InChI=1S/C19H26ClF3N4O/c1-11-15(20)16(19(21,22)23)26-27(11)4-2-3-24-17(28)25-18-8-12-5-13(9-18)7-14(6-12)10-18/h12-14H,2-10H2,1H3,(H2,24,25,28). The predicted octanol–water partition coefficient (Wildman–Crippen LogP) is 4.52. The van der Waals surface area contributed by atoms with E-state index in [0.29, 0.717) is 13.0 Å². The van der Waals surface area contributed by atoms with Gasteiger partial charge in [-0.1, -0.05) is 11.6 Å². The molecule has 0 spiro atoms. The van der Waals surface area contributed by atoms with Gasteiger partial charge in [-0.2, -0.15) is 18.3 Å². The summed E-state index contributed by atoms with van der Waals surface area (Å²) >= 11 is 5.75. The minimum absolute atomic E-state index is 0.0491. The van der Waals surface area contributed by atoms with Crippen LogP contribution in [0.2, 0.25) is 5.02 Å². The summed E-state index contributed by atoms with van der Waals surface area (Å²) in [5.41, 5.74) is -0.821. The topological polar surface area (TPSA) is 59.0 Å². The Hall–Kier alpha value is -1.44. The number of carbonyl (C=O) groups excluding carboxylic acids is 1. The maximum atomic E-state index is 12.9. The Morgan fingerprint density at radius 2 is 1.79 bits per heavy atom. The maximum Gasteiger partial charge on any atom is 0.436 e. The lowest BCUT2D eigenvalue weighted by Gasteiger charge is -2.56. The summed E-state index contributed by atoms with van der Waals surface area (Å²) in [6.45, 7) is 2.15. The number of aryl methyl sites for hydroxylation is 1. The SMILES string of the molecule is Cc1c(Cl)c(C(F)(F)F)nn1CCCNC(=O)NC12CC3CC(CC(C3)C1)C2. The number of alkyl halides is 3. The molecule has 5 nitrogen and oxygen atoms in total. The highest BCUT2D eigenvalue weighted by Crippen LogP contribution is 2.55. The first-order valence-electron chi connectivity index (χ1n) is 10.0. The summed E-state index contributed by atoms with van der Waals surface area (Å²) in [5, 5.41) is 9.29. The van der Waals surface area contributed by atoms with Crippen LogP contribution in [0.5, 0.6) is 0 Å². The molecule has 0 aromatic carbocycles. The van der Waals surface area contributed by atoms with Gasteiger partial charge in [-0.15, -0.1) is 0 Å². The van der Waals surface area contributed by atoms with E-state index in [1.54, 1.807) is 0 Å². The van der Waals surface area contributed by atoms with E-state index in [1.165, 1.54) is 30.9 Å². The van der Waals surface area contributed by atoms with Crippen LogP contribution in [0.4, 0.5) is 18.0 Å². The van der Waals surface area contributed by atoms with E-state index in [0.717, 1.165) is 37.0 Å². The molecule has 1 aromatic rings. The molecule has 0 radical (unpaired) electrons. The van der Waals surface area contributed by atoms with Crippen molar-refractivity contribution in [3.05, 3.63) is 16.4 Å². The van der Waals surface area contributed by atoms with Crippen LogP contribution in [0, 0.1) is 24.7 Å². The first-order chi connectivity index (χ1) is 13.2. The minimum Gasteiger partial charge on any atom is -0.338 e. The lowest BCUT2D eigenvalue weighted by Crippen LogP contribution is -2.61. The number of carbonyl (C=O) groups is 1. The number of halogens is 4. The summed E-state index contributed by atoms with van der Waals surface area (Å²) in [7, 11) is 0. The van der Waals surface area contributed by atoms with Crippen LogP contribution in [-0.2, 0) is 12.7 Å². The molecule has 4 fully saturated rings. The molecule has 0 aliphatic heterocycles. The van der Waals surface area contributed by atoms with Gasteiger partial charge >= 0.3 is 12.2 Å². The van der Waals surface area contributed by atoms with E-state index in [-0.39, 0.29) is 28.8 Å². The van der Waals surface area contributed by atoms with Crippen LogP contribution in [0.1, 0.15) is 56.3 Å². The maximum absolute atomic E-state index is 12.9. The third kappa shape index (κ3) is 3.84. The molecule has 156 valence electrons. The molecule has 0 atom stereocenters. The molecule has 4 saturated carbocycles. The van der Waals surface area contributed by atoms with E-state index in [1.807, 2.05) is 0 Å². The van der Waals surface area contributed by atoms with Gasteiger partial charge < -0.3 is 10.6 Å². The second-order valence-corrected chi connectivity index (χ2v) is 9.28. The molecular weight excluding hydrogens is 393 g/mol. The highest BCUT2D eigenvalue weighted by atomic mass is 35.5. The van der Waals surface area contributed by atoms with Crippen molar-refractivity contribution in [1.29, 1.82) is 0 Å². The van der Waals surface area contributed by atoms with Gasteiger partial charge in [-0.25, -0.2) is 4.79 Å². The molecule has 1 aromatic heterocycles. The van der Waals surface area contributed by atoms with Gasteiger partial charge in [-0.05, 0) is 69.6 Å². The van der Waals surface area contributed by atoms with E-state index in [9.17, 15) is 18.0 Å². The quantitative estimate of drug-likeness (QED) is 0.690. The van der Waals surface area contributed by atoms with Crippen molar-refractivity contribution in [2.24, 2.45) is 17.8 Å². The Morgan fingerprint density at radius 3 is 2.29 bits per heavy atom. The minimum atomic E-state index is -4.57. The fourth-order valence-corrected chi connectivity index (χ4v) is 6.15. The first kappa shape index (κ1) is 19.9. The average Bonchev–Trinajstić information content (AvgIpc) is 2.85.